The molecule has 0 N–H and O–H groups in total. The lowest BCUT2D eigenvalue weighted by Gasteiger charge is -1.90. The van der Waals surface area contributed by atoms with E-state index in [1.165, 1.54) is 4.88 Å². The fourth-order valence-electron chi connectivity index (χ4n) is 1.17. The molecule has 0 aromatic carbocycles. The van der Waals surface area contributed by atoms with Gasteiger partial charge in [-0.2, -0.15) is 0 Å². The number of hydrogen-bond donors (Lipinski definition) is 0. The lowest BCUT2D eigenvalue weighted by molar-refractivity contribution is 0.580. The van der Waals surface area contributed by atoms with Crippen molar-refractivity contribution in [3.8, 4) is 10.8 Å². The highest BCUT2D eigenvalue weighted by atomic mass is 32.1. The van der Waals surface area contributed by atoms with E-state index in [1.807, 2.05) is 19.2 Å². The van der Waals surface area contributed by atoms with E-state index >= 15 is 0 Å². The predicted molar refractivity (Wildman–Crippen MR) is 53.9 cm³/mol. The number of furan rings is 1. The van der Waals surface area contributed by atoms with Crippen molar-refractivity contribution in [2.45, 2.75) is 20.3 Å². The van der Waals surface area contributed by atoms with E-state index < -0.39 is 0 Å². The summed E-state index contributed by atoms with van der Waals surface area (Å²) in [5.41, 5.74) is 1.15. The smallest absolute Gasteiger partial charge is 0.165 e. The first kappa shape index (κ1) is 8.51. The number of hydrogen-bond acceptors (Lipinski definition) is 3. The van der Waals surface area contributed by atoms with Crippen LogP contribution in [-0.2, 0) is 6.42 Å². The van der Waals surface area contributed by atoms with Crippen LogP contribution in [0.3, 0.4) is 0 Å². The molecule has 0 spiro atoms. The molecular weight excluding hydrogens is 182 g/mol. The van der Waals surface area contributed by atoms with E-state index in [0.29, 0.717) is 0 Å². The molecule has 0 bridgehead atoms. The predicted octanol–water partition coefficient (Wildman–Crippen LogP) is 3.27. The zero-order valence-corrected chi connectivity index (χ0v) is 8.52. The molecule has 0 saturated carbocycles. The minimum atomic E-state index is 0.907. The Labute approximate surface area is 81.2 Å². The molecular formula is C10H11NOS. The maximum absolute atomic E-state index is 5.36. The molecule has 0 saturated heterocycles. The molecule has 0 amide bonds. The molecule has 2 heterocycles. The lowest BCUT2D eigenvalue weighted by atomic mass is 10.3. The summed E-state index contributed by atoms with van der Waals surface area (Å²) in [7, 11) is 0. The molecule has 0 aliphatic carbocycles. The van der Waals surface area contributed by atoms with E-state index in [4.69, 9.17) is 4.42 Å². The van der Waals surface area contributed by atoms with Gasteiger partial charge in [0.1, 0.15) is 0 Å². The van der Waals surface area contributed by atoms with Gasteiger partial charge in [-0.3, -0.25) is 0 Å². The highest BCUT2D eigenvalue weighted by Gasteiger charge is 2.09. The third kappa shape index (κ3) is 1.52. The van der Waals surface area contributed by atoms with Gasteiger partial charge in [0, 0.05) is 11.1 Å². The van der Waals surface area contributed by atoms with Gasteiger partial charge in [-0.15, -0.1) is 11.3 Å². The van der Waals surface area contributed by atoms with Gasteiger partial charge in [0.05, 0.1) is 6.26 Å². The molecule has 2 aromatic rings. The second kappa shape index (κ2) is 3.34. The van der Waals surface area contributed by atoms with Crippen LogP contribution < -0.4 is 0 Å². The minimum absolute atomic E-state index is 0.907. The van der Waals surface area contributed by atoms with Crippen LogP contribution in [0.1, 0.15) is 17.4 Å². The van der Waals surface area contributed by atoms with E-state index in [0.717, 1.165) is 22.8 Å². The van der Waals surface area contributed by atoms with Crippen molar-refractivity contribution in [2.24, 2.45) is 0 Å². The number of thiazole rings is 1. The Kier molecular flexibility index (Phi) is 2.19. The molecule has 2 nitrogen and oxygen atoms in total. The average Bonchev–Trinajstić information content (AvgIpc) is 2.71. The van der Waals surface area contributed by atoms with Gasteiger partial charge in [-0.1, -0.05) is 6.92 Å². The molecule has 13 heavy (non-hydrogen) atoms. The van der Waals surface area contributed by atoms with E-state index in [9.17, 15) is 0 Å². The maximum Gasteiger partial charge on any atom is 0.165 e. The first-order valence-corrected chi connectivity index (χ1v) is 5.12. The molecule has 0 aliphatic rings. The van der Waals surface area contributed by atoms with Crippen molar-refractivity contribution in [1.82, 2.24) is 4.98 Å². The SMILES string of the molecule is CCc1cnc(-c2occc2C)s1. The fraction of sp³-hybridized carbons (Fsp3) is 0.300. The number of rotatable bonds is 2. The normalized spacial score (nSPS) is 10.6. The molecule has 0 unspecified atom stereocenters. The van der Waals surface area contributed by atoms with Crippen LogP contribution >= 0.6 is 11.3 Å². The fourth-order valence-corrected chi connectivity index (χ4v) is 2.07. The van der Waals surface area contributed by atoms with E-state index in [-0.39, 0.29) is 0 Å². The Bertz CT molecular complexity index is 402. The van der Waals surface area contributed by atoms with Crippen LogP contribution in [0.25, 0.3) is 10.8 Å². The maximum atomic E-state index is 5.36. The van der Waals surface area contributed by atoms with Crippen molar-refractivity contribution in [3.63, 3.8) is 0 Å². The van der Waals surface area contributed by atoms with Crippen LogP contribution in [0, 0.1) is 6.92 Å². The zero-order chi connectivity index (χ0) is 9.26. The van der Waals surface area contributed by atoms with Crippen LogP contribution in [0.5, 0.6) is 0 Å². The van der Waals surface area contributed by atoms with Crippen LogP contribution in [0.15, 0.2) is 22.9 Å². The second-order valence-corrected chi connectivity index (χ2v) is 4.03. The van der Waals surface area contributed by atoms with Crippen molar-refractivity contribution in [2.75, 3.05) is 0 Å². The summed E-state index contributed by atoms with van der Waals surface area (Å²) >= 11 is 1.70. The monoisotopic (exact) mass is 193 g/mol. The molecule has 0 atom stereocenters. The van der Waals surface area contributed by atoms with Crippen LogP contribution in [-0.4, -0.2) is 4.98 Å². The summed E-state index contributed by atoms with van der Waals surface area (Å²) in [6, 6.07) is 1.96. The largest absolute Gasteiger partial charge is 0.462 e. The first-order chi connectivity index (χ1) is 6.31. The van der Waals surface area contributed by atoms with Crippen LogP contribution in [0.4, 0.5) is 0 Å². The summed E-state index contributed by atoms with van der Waals surface area (Å²) in [6.07, 6.45) is 4.66. The molecule has 0 fully saturated rings. The molecule has 2 aromatic heterocycles. The Hall–Kier alpha value is -1.09. The summed E-state index contributed by atoms with van der Waals surface area (Å²) in [5.74, 6) is 0.907. The third-order valence-corrected chi connectivity index (χ3v) is 3.10. The highest BCUT2D eigenvalue weighted by Crippen LogP contribution is 2.28. The Morgan fingerprint density at radius 2 is 2.38 bits per heavy atom. The highest BCUT2D eigenvalue weighted by molar-refractivity contribution is 7.14. The molecule has 3 heteroatoms. The van der Waals surface area contributed by atoms with Gasteiger partial charge in [0.15, 0.2) is 10.8 Å². The van der Waals surface area contributed by atoms with E-state index in [1.54, 1.807) is 17.6 Å². The molecule has 0 aliphatic heterocycles. The standard InChI is InChI=1S/C10H11NOS/c1-3-8-6-11-10(13-8)9-7(2)4-5-12-9/h4-6H,3H2,1-2H3. The molecule has 68 valence electrons. The molecule has 2 rings (SSSR count). The van der Waals surface area contributed by atoms with Crippen molar-refractivity contribution >= 4 is 11.3 Å². The topological polar surface area (TPSA) is 26.0 Å². The summed E-state index contributed by atoms with van der Waals surface area (Å²) in [5, 5.41) is 0.986. The number of nitrogens with zero attached hydrogens (tertiary/aromatic N) is 1. The van der Waals surface area contributed by atoms with Gasteiger partial charge in [0.25, 0.3) is 0 Å². The quantitative estimate of drug-likeness (QED) is 0.731. The van der Waals surface area contributed by atoms with Crippen molar-refractivity contribution in [1.29, 1.82) is 0 Å². The minimum Gasteiger partial charge on any atom is -0.462 e. The summed E-state index contributed by atoms with van der Waals surface area (Å²) in [4.78, 5) is 5.61. The Balaban J connectivity index is 2.41. The van der Waals surface area contributed by atoms with E-state index in [2.05, 4.69) is 11.9 Å². The summed E-state index contributed by atoms with van der Waals surface area (Å²) < 4.78 is 5.36. The number of aromatic nitrogens is 1. The number of aryl methyl sites for hydroxylation is 2. The Morgan fingerprint density at radius 1 is 1.54 bits per heavy atom. The van der Waals surface area contributed by atoms with Gasteiger partial charge in [0.2, 0.25) is 0 Å². The van der Waals surface area contributed by atoms with Gasteiger partial charge < -0.3 is 4.42 Å². The van der Waals surface area contributed by atoms with Crippen molar-refractivity contribution in [3.05, 3.63) is 29.0 Å². The second-order valence-electron chi connectivity index (χ2n) is 2.92. The van der Waals surface area contributed by atoms with Crippen molar-refractivity contribution < 1.29 is 4.42 Å². The molecule has 0 radical (unpaired) electrons. The van der Waals surface area contributed by atoms with Gasteiger partial charge in [-0.25, -0.2) is 4.98 Å². The zero-order valence-electron chi connectivity index (χ0n) is 7.70. The van der Waals surface area contributed by atoms with Gasteiger partial charge >= 0.3 is 0 Å². The third-order valence-electron chi connectivity index (χ3n) is 1.96. The van der Waals surface area contributed by atoms with Gasteiger partial charge in [-0.05, 0) is 25.0 Å². The Morgan fingerprint density at radius 3 is 2.92 bits per heavy atom. The first-order valence-electron chi connectivity index (χ1n) is 4.30. The lowest BCUT2D eigenvalue weighted by Crippen LogP contribution is -1.72. The van der Waals surface area contributed by atoms with Crippen LogP contribution in [0.2, 0.25) is 0 Å². The average molecular weight is 193 g/mol. The summed E-state index contributed by atoms with van der Waals surface area (Å²) in [6.45, 7) is 4.16.